The fourth-order valence-corrected chi connectivity index (χ4v) is 0.543. The van der Waals surface area contributed by atoms with E-state index in [0.717, 1.165) is 24.1 Å². The van der Waals surface area contributed by atoms with Gasteiger partial charge in [0, 0.05) is 5.70 Å². The predicted octanol–water partition coefficient (Wildman–Crippen LogP) is 2.76. The largest absolute Gasteiger partial charge is 0.402 e. The van der Waals surface area contributed by atoms with Gasteiger partial charge < -0.3 is 5.73 Å². The van der Waals surface area contributed by atoms with E-state index < -0.39 is 0 Å². The molecule has 0 saturated carbocycles. The highest BCUT2D eigenvalue weighted by atomic mass is 14.6. The minimum atomic E-state index is 0.906. The molecule has 0 aliphatic rings. The monoisotopic (exact) mass is 151 g/mol. The van der Waals surface area contributed by atoms with E-state index >= 15 is 0 Å². The van der Waals surface area contributed by atoms with E-state index in [9.17, 15) is 0 Å². The van der Waals surface area contributed by atoms with Gasteiger partial charge in [-0.3, -0.25) is 0 Å². The van der Waals surface area contributed by atoms with Crippen molar-refractivity contribution >= 4 is 0 Å². The zero-order valence-electron chi connectivity index (χ0n) is 7.43. The molecule has 0 spiro atoms. The molecule has 0 aromatic heterocycles. The highest BCUT2D eigenvalue weighted by Gasteiger charge is 1.81. The van der Waals surface area contributed by atoms with Crippen molar-refractivity contribution in [1.29, 1.82) is 0 Å². The smallest absolute Gasteiger partial charge is 0.00776 e. The number of nitrogens with two attached hydrogens (primary N) is 1. The van der Waals surface area contributed by atoms with Crippen LogP contribution in [-0.4, -0.2) is 0 Å². The number of rotatable bonds is 4. The van der Waals surface area contributed by atoms with E-state index in [1.807, 2.05) is 25.2 Å². The molecule has 0 atom stereocenters. The van der Waals surface area contributed by atoms with Gasteiger partial charge in [0.2, 0.25) is 0 Å². The van der Waals surface area contributed by atoms with Gasteiger partial charge in [0.1, 0.15) is 0 Å². The first kappa shape index (κ1) is 10.0. The van der Waals surface area contributed by atoms with Crippen LogP contribution in [0.1, 0.15) is 26.7 Å². The predicted molar refractivity (Wildman–Crippen MR) is 51.1 cm³/mol. The molecule has 0 saturated heterocycles. The third kappa shape index (κ3) is 5.46. The molecular weight excluding hydrogens is 134 g/mol. The molecule has 11 heavy (non-hydrogen) atoms. The fourth-order valence-electron chi connectivity index (χ4n) is 0.543. The Bertz CT molecular complexity index is 175. The van der Waals surface area contributed by atoms with Crippen molar-refractivity contribution in [3.05, 3.63) is 36.1 Å². The van der Waals surface area contributed by atoms with Crippen LogP contribution in [0.4, 0.5) is 0 Å². The Morgan fingerprint density at radius 1 is 1.36 bits per heavy atom. The van der Waals surface area contributed by atoms with Crippen LogP contribution in [0.2, 0.25) is 0 Å². The third-order valence-electron chi connectivity index (χ3n) is 1.50. The highest BCUT2D eigenvalue weighted by molar-refractivity contribution is 5.20. The van der Waals surface area contributed by atoms with Crippen LogP contribution >= 0.6 is 0 Å². The second-order valence-corrected chi connectivity index (χ2v) is 2.47. The Morgan fingerprint density at radius 3 is 2.45 bits per heavy atom. The van der Waals surface area contributed by atoms with Crippen LogP contribution in [0.15, 0.2) is 36.1 Å². The summed E-state index contributed by atoms with van der Waals surface area (Å²) in [6.45, 7) is 7.96. The van der Waals surface area contributed by atoms with Gasteiger partial charge in [-0.15, -0.1) is 0 Å². The van der Waals surface area contributed by atoms with Crippen LogP contribution in [0.5, 0.6) is 0 Å². The maximum atomic E-state index is 5.58. The van der Waals surface area contributed by atoms with Crippen LogP contribution in [0.25, 0.3) is 0 Å². The molecule has 0 aliphatic carbocycles. The van der Waals surface area contributed by atoms with E-state index in [2.05, 4.69) is 13.5 Å². The molecular formula is C10H17N. The van der Waals surface area contributed by atoms with Crippen molar-refractivity contribution in [1.82, 2.24) is 0 Å². The molecule has 0 rings (SSSR count). The van der Waals surface area contributed by atoms with E-state index in [1.165, 1.54) is 0 Å². The van der Waals surface area contributed by atoms with Gasteiger partial charge in [-0.05, 0) is 18.9 Å². The summed E-state index contributed by atoms with van der Waals surface area (Å²) in [5.74, 6) is 0. The van der Waals surface area contributed by atoms with Gasteiger partial charge in [-0.2, -0.15) is 0 Å². The second-order valence-electron chi connectivity index (χ2n) is 2.47. The lowest BCUT2D eigenvalue weighted by Gasteiger charge is -1.91. The Hall–Kier alpha value is -0.980. The quantitative estimate of drug-likeness (QED) is 0.614. The second kappa shape index (κ2) is 5.78. The lowest BCUT2D eigenvalue weighted by molar-refractivity contribution is 1.07. The lowest BCUT2D eigenvalue weighted by Crippen LogP contribution is -1.92. The SMILES string of the molecule is C=C(/C=C\C=C(/N)CC)CC. The average Bonchev–Trinajstić information content (AvgIpc) is 2.04. The molecule has 62 valence electrons. The molecule has 1 nitrogen and oxygen atoms in total. The van der Waals surface area contributed by atoms with Crippen molar-refractivity contribution in [2.45, 2.75) is 26.7 Å². The minimum absolute atomic E-state index is 0.906. The first-order chi connectivity index (χ1) is 5.20. The summed E-state index contributed by atoms with van der Waals surface area (Å²) < 4.78 is 0. The van der Waals surface area contributed by atoms with Crippen molar-refractivity contribution in [2.24, 2.45) is 5.73 Å². The summed E-state index contributed by atoms with van der Waals surface area (Å²) in [7, 11) is 0. The van der Waals surface area contributed by atoms with Crippen LogP contribution in [0, 0.1) is 0 Å². The first-order valence-electron chi connectivity index (χ1n) is 4.01. The van der Waals surface area contributed by atoms with E-state index in [0.29, 0.717) is 0 Å². The normalized spacial score (nSPS) is 12.4. The third-order valence-corrected chi connectivity index (χ3v) is 1.50. The summed E-state index contributed by atoms with van der Waals surface area (Å²) in [5, 5.41) is 0. The fraction of sp³-hybridized carbons (Fsp3) is 0.400. The standard InChI is InChI=1S/C10H17N/c1-4-9(3)7-6-8-10(11)5-2/h6-8H,3-5,11H2,1-2H3/b7-6-,10-8-. The maximum Gasteiger partial charge on any atom is 0.00776 e. The summed E-state index contributed by atoms with van der Waals surface area (Å²) in [6.07, 6.45) is 7.76. The van der Waals surface area contributed by atoms with Crippen molar-refractivity contribution in [3.8, 4) is 0 Å². The van der Waals surface area contributed by atoms with E-state index in [4.69, 9.17) is 5.73 Å². The van der Waals surface area contributed by atoms with Gasteiger partial charge in [-0.1, -0.05) is 38.2 Å². The summed E-state index contributed by atoms with van der Waals surface area (Å²) >= 11 is 0. The van der Waals surface area contributed by atoms with Crippen molar-refractivity contribution in [2.75, 3.05) is 0 Å². The Balaban J connectivity index is 3.85. The average molecular weight is 151 g/mol. The molecule has 0 fully saturated rings. The molecule has 0 heterocycles. The van der Waals surface area contributed by atoms with Crippen molar-refractivity contribution in [3.63, 3.8) is 0 Å². The minimum Gasteiger partial charge on any atom is -0.402 e. The first-order valence-corrected chi connectivity index (χ1v) is 4.01. The Morgan fingerprint density at radius 2 is 2.00 bits per heavy atom. The van der Waals surface area contributed by atoms with E-state index in [1.54, 1.807) is 0 Å². The van der Waals surface area contributed by atoms with Crippen molar-refractivity contribution < 1.29 is 0 Å². The van der Waals surface area contributed by atoms with Crippen LogP contribution in [-0.2, 0) is 0 Å². The van der Waals surface area contributed by atoms with Crippen LogP contribution in [0.3, 0.4) is 0 Å². The molecule has 0 aromatic rings. The molecule has 0 unspecified atom stereocenters. The molecule has 0 aliphatic heterocycles. The lowest BCUT2D eigenvalue weighted by atomic mass is 10.2. The molecule has 0 amide bonds. The number of hydrogen-bond donors (Lipinski definition) is 1. The highest BCUT2D eigenvalue weighted by Crippen LogP contribution is 1.99. The Kier molecular flexibility index (Phi) is 5.26. The summed E-state index contributed by atoms with van der Waals surface area (Å²) in [6, 6.07) is 0. The van der Waals surface area contributed by atoms with E-state index in [-0.39, 0.29) is 0 Å². The molecule has 0 bridgehead atoms. The topological polar surface area (TPSA) is 26.0 Å². The summed E-state index contributed by atoms with van der Waals surface area (Å²) in [4.78, 5) is 0. The molecule has 2 N–H and O–H groups in total. The molecule has 1 heteroatoms. The zero-order valence-corrected chi connectivity index (χ0v) is 7.43. The van der Waals surface area contributed by atoms with Gasteiger partial charge in [0.25, 0.3) is 0 Å². The number of hydrogen-bond acceptors (Lipinski definition) is 1. The van der Waals surface area contributed by atoms with Crippen LogP contribution < -0.4 is 5.73 Å². The van der Waals surface area contributed by atoms with Gasteiger partial charge in [-0.25, -0.2) is 0 Å². The van der Waals surface area contributed by atoms with Gasteiger partial charge in [0.15, 0.2) is 0 Å². The Labute approximate surface area is 69.3 Å². The number of allylic oxidation sites excluding steroid dienone is 5. The van der Waals surface area contributed by atoms with Gasteiger partial charge in [0.05, 0.1) is 0 Å². The molecule has 0 aromatic carbocycles. The summed E-state index contributed by atoms with van der Waals surface area (Å²) in [5.41, 5.74) is 7.62. The molecule has 0 radical (unpaired) electrons. The maximum absolute atomic E-state index is 5.58. The van der Waals surface area contributed by atoms with Gasteiger partial charge >= 0.3 is 0 Å². The zero-order chi connectivity index (χ0) is 8.69.